The van der Waals surface area contributed by atoms with Crippen molar-refractivity contribution in [3.05, 3.63) is 26.4 Å². The zero-order valence-electron chi connectivity index (χ0n) is 14.5. The van der Waals surface area contributed by atoms with E-state index in [-0.39, 0.29) is 11.4 Å². The van der Waals surface area contributed by atoms with Crippen molar-refractivity contribution in [2.75, 3.05) is 12.3 Å². The van der Waals surface area contributed by atoms with E-state index in [1.807, 2.05) is 0 Å². The quantitative estimate of drug-likeness (QED) is 0.601. The van der Waals surface area contributed by atoms with Gasteiger partial charge in [-0.25, -0.2) is 4.79 Å². The van der Waals surface area contributed by atoms with E-state index in [0.29, 0.717) is 18.3 Å². The standard InChI is InChI=1S/C17H23N3O5/c1-19-15(18)14(16(23)20(2)17(19)24)12(21)8-25-13(22)7-11-6-9-3-4-10(11)5-9/h9-11H,3-8,18H2,1-2H3/t9-,10+,11+/m0/s1. The molecule has 0 spiro atoms. The van der Waals surface area contributed by atoms with Crippen LogP contribution in [0, 0.1) is 17.8 Å². The van der Waals surface area contributed by atoms with Crippen molar-refractivity contribution < 1.29 is 14.3 Å². The Kier molecular flexibility index (Phi) is 4.53. The van der Waals surface area contributed by atoms with Crippen molar-refractivity contribution in [2.45, 2.75) is 32.1 Å². The number of ether oxygens (including phenoxy) is 1. The highest BCUT2D eigenvalue weighted by molar-refractivity contribution is 6.01. The molecular weight excluding hydrogens is 326 g/mol. The van der Waals surface area contributed by atoms with E-state index in [4.69, 9.17) is 10.5 Å². The van der Waals surface area contributed by atoms with Crippen LogP contribution in [0.15, 0.2) is 9.59 Å². The maximum absolute atomic E-state index is 12.3. The Labute approximate surface area is 144 Å². The second kappa shape index (κ2) is 6.50. The number of Topliss-reactive ketones (excluding diaryl/α,β-unsaturated/α-hetero) is 1. The van der Waals surface area contributed by atoms with E-state index >= 15 is 0 Å². The molecule has 1 aromatic rings. The highest BCUT2D eigenvalue weighted by Crippen LogP contribution is 2.49. The molecule has 8 nitrogen and oxygen atoms in total. The van der Waals surface area contributed by atoms with Crippen LogP contribution in [0.1, 0.15) is 42.5 Å². The molecule has 3 atom stereocenters. The van der Waals surface area contributed by atoms with Crippen molar-refractivity contribution in [3.8, 4) is 0 Å². The van der Waals surface area contributed by atoms with Crippen LogP contribution in [0.25, 0.3) is 0 Å². The zero-order chi connectivity index (χ0) is 18.3. The highest BCUT2D eigenvalue weighted by atomic mass is 16.5. The van der Waals surface area contributed by atoms with Crippen LogP contribution in [0.5, 0.6) is 0 Å². The number of rotatable bonds is 5. The van der Waals surface area contributed by atoms with E-state index in [1.54, 1.807) is 0 Å². The van der Waals surface area contributed by atoms with Gasteiger partial charge < -0.3 is 10.5 Å². The van der Waals surface area contributed by atoms with E-state index in [1.165, 1.54) is 33.4 Å². The summed E-state index contributed by atoms with van der Waals surface area (Å²) in [5.74, 6) is 0.331. The van der Waals surface area contributed by atoms with E-state index < -0.39 is 29.6 Å². The molecule has 0 saturated heterocycles. The van der Waals surface area contributed by atoms with Crippen molar-refractivity contribution in [3.63, 3.8) is 0 Å². The van der Waals surface area contributed by atoms with Crippen molar-refractivity contribution in [1.29, 1.82) is 0 Å². The number of hydrogen-bond donors (Lipinski definition) is 1. The molecule has 0 aromatic carbocycles. The van der Waals surface area contributed by atoms with E-state index in [2.05, 4.69) is 0 Å². The Morgan fingerprint density at radius 1 is 1.16 bits per heavy atom. The van der Waals surface area contributed by atoms with Gasteiger partial charge in [0.15, 0.2) is 6.61 Å². The van der Waals surface area contributed by atoms with Crippen LogP contribution < -0.4 is 17.0 Å². The number of esters is 1. The van der Waals surface area contributed by atoms with E-state index in [0.717, 1.165) is 21.5 Å². The summed E-state index contributed by atoms with van der Waals surface area (Å²) in [5, 5.41) is 0. The third-order valence-corrected chi connectivity index (χ3v) is 5.67. The maximum Gasteiger partial charge on any atom is 0.332 e. The summed E-state index contributed by atoms with van der Waals surface area (Å²) in [6, 6.07) is 0. The molecule has 25 heavy (non-hydrogen) atoms. The van der Waals surface area contributed by atoms with Gasteiger partial charge in [0.25, 0.3) is 5.56 Å². The topological polar surface area (TPSA) is 113 Å². The monoisotopic (exact) mass is 349 g/mol. The zero-order valence-corrected chi connectivity index (χ0v) is 14.5. The minimum Gasteiger partial charge on any atom is -0.457 e. The number of carbonyl (C=O) groups is 2. The Morgan fingerprint density at radius 2 is 1.88 bits per heavy atom. The number of carbonyl (C=O) groups excluding carboxylic acids is 2. The fraction of sp³-hybridized carbons (Fsp3) is 0.647. The van der Waals surface area contributed by atoms with Crippen molar-refractivity contribution >= 4 is 17.6 Å². The molecule has 2 saturated carbocycles. The number of anilines is 1. The van der Waals surface area contributed by atoms with Gasteiger partial charge in [0.2, 0.25) is 5.78 Å². The second-order valence-electron chi connectivity index (χ2n) is 7.19. The first-order valence-corrected chi connectivity index (χ1v) is 8.54. The number of nitrogens with two attached hydrogens (primary N) is 1. The van der Waals surface area contributed by atoms with Gasteiger partial charge in [0.05, 0.1) is 0 Å². The summed E-state index contributed by atoms with van der Waals surface area (Å²) in [7, 11) is 2.64. The van der Waals surface area contributed by atoms with Crippen LogP contribution >= 0.6 is 0 Å². The summed E-state index contributed by atoms with van der Waals surface area (Å²) in [4.78, 5) is 48.2. The van der Waals surface area contributed by atoms with Gasteiger partial charge >= 0.3 is 11.7 Å². The SMILES string of the molecule is Cn1c(N)c(C(=O)COC(=O)C[C@H]2C[C@H]3CC[C@@H]2C3)c(=O)n(C)c1=O. The normalized spacial score (nSPS) is 24.5. The number of nitrogens with zero attached hydrogens (tertiary/aromatic N) is 2. The minimum atomic E-state index is -0.783. The lowest BCUT2D eigenvalue weighted by atomic mass is 9.86. The summed E-state index contributed by atoms with van der Waals surface area (Å²) >= 11 is 0. The lowest BCUT2D eigenvalue weighted by Gasteiger charge is -2.20. The molecule has 2 fully saturated rings. The van der Waals surface area contributed by atoms with Gasteiger partial charge in [-0.2, -0.15) is 0 Å². The summed E-state index contributed by atoms with van der Waals surface area (Å²) in [6.45, 7) is -0.544. The molecular formula is C17H23N3O5. The smallest absolute Gasteiger partial charge is 0.332 e. The molecule has 2 bridgehead atoms. The molecule has 0 unspecified atom stereocenters. The lowest BCUT2D eigenvalue weighted by Crippen LogP contribution is -2.42. The average molecular weight is 349 g/mol. The largest absolute Gasteiger partial charge is 0.457 e. The Bertz CT molecular complexity index is 838. The predicted molar refractivity (Wildman–Crippen MR) is 90.2 cm³/mol. The first-order valence-electron chi connectivity index (χ1n) is 8.54. The molecule has 2 aliphatic rings. The number of hydrogen-bond acceptors (Lipinski definition) is 6. The molecule has 8 heteroatoms. The molecule has 1 aromatic heterocycles. The summed E-state index contributed by atoms with van der Waals surface area (Å²) < 4.78 is 6.89. The van der Waals surface area contributed by atoms with E-state index in [9.17, 15) is 19.2 Å². The highest BCUT2D eigenvalue weighted by Gasteiger charge is 2.40. The maximum atomic E-state index is 12.3. The van der Waals surface area contributed by atoms with Gasteiger partial charge in [0.1, 0.15) is 11.4 Å². The first-order chi connectivity index (χ1) is 11.8. The lowest BCUT2D eigenvalue weighted by molar-refractivity contribution is -0.144. The summed E-state index contributed by atoms with van der Waals surface area (Å²) in [6.07, 6.45) is 4.99. The first kappa shape index (κ1) is 17.4. The number of aromatic nitrogens is 2. The second-order valence-corrected chi connectivity index (χ2v) is 7.19. The molecule has 1 heterocycles. The van der Waals surface area contributed by atoms with Crippen LogP contribution in [-0.4, -0.2) is 27.5 Å². The molecule has 0 amide bonds. The average Bonchev–Trinajstić information content (AvgIpc) is 3.19. The predicted octanol–water partition coefficient (Wildman–Crippen LogP) is 0.218. The molecule has 2 N–H and O–H groups in total. The number of nitrogen functional groups attached to an aromatic ring is 1. The van der Waals surface area contributed by atoms with Gasteiger partial charge in [-0.3, -0.25) is 23.5 Å². The fourth-order valence-electron chi connectivity index (χ4n) is 4.24. The van der Waals surface area contributed by atoms with Gasteiger partial charge in [-0.1, -0.05) is 6.42 Å². The Balaban J connectivity index is 1.64. The summed E-state index contributed by atoms with van der Waals surface area (Å²) in [5.41, 5.74) is 4.00. The third kappa shape index (κ3) is 3.12. The molecule has 3 rings (SSSR count). The molecule has 0 radical (unpaired) electrons. The Morgan fingerprint density at radius 3 is 2.48 bits per heavy atom. The molecule has 0 aliphatic heterocycles. The van der Waals surface area contributed by atoms with Gasteiger partial charge in [-0.05, 0) is 37.0 Å². The van der Waals surface area contributed by atoms with Crippen LogP contribution in [0.4, 0.5) is 5.82 Å². The molecule has 2 aliphatic carbocycles. The van der Waals surface area contributed by atoms with Crippen molar-refractivity contribution in [1.82, 2.24) is 9.13 Å². The number of ketones is 1. The molecule has 136 valence electrons. The fourth-order valence-corrected chi connectivity index (χ4v) is 4.24. The number of fused-ring (bicyclic) bond motifs is 2. The van der Waals surface area contributed by atoms with Gasteiger partial charge in [-0.15, -0.1) is 0 Å². The minimum absolute atomic E-state index is 0.220. The van der Waals surface area contributed by atoms with Gasteiger partial charge in [0, 0.05) is 20.5 Å². The van der Waals surface area contributed by atoms with Crippen LogP contribution in [0.3, 0.4) is 0 Å². The third-order valence-electron chi connectivity index (χ3n) is 5.67. The Hall–Kier alpha value is -2.38. The van der Waals surface area contributed by atoms with Crippen LogP contribution in [-0.2, 0) is 23.6 Å². The van der Waals surface area contributed by atoms with Crippen molar-refractivity contribution in [2.24, 2.45) is 31.8 Å². The van der Waals surface area contributed by atoms with Crippen LogP contribution in [0.2, 0.25) is 0 Å².